The highest BCUT2D eigenvalue weighted by Gasteiger charge is 2.24. The van der Waals surface area contributed by atoms with Crippen LogP contribution < -0.4 is 9.62 Å². The van der Waals surface area contributed by atoms with E-state index in [1.54, 1.807) is 37.3 Å². The lowest BCUT2D eigenvalue weighted by Crippen LogP contribution is -2.30. The van der Waals surface area contributed by atoms with E-state index in [4.69, 9.17) is 27.6 Å². The van der Waals surface area contributed by atoms with E-state index in [-0.39, 0.29) is 28.9 Å². The van der Waals surface area contributed by atoms with Crippen molar-refractivity contribution in [3.8, 4) is 11.5 Å². The summed E-state index contributed by atoms with van der Waals surface area (Å²) < 4.78 is 33.7. The van der Waals surface area contributed by atoms with Crippen LogP contribution in [0.5, 0.6) is 0 Å². The van der Waals surface area contributed by atoms with Crippen LogP contribution in [0.1, 0.15) is 17.3 Å². The lowest BCUT2D eigenvalue weighted by Gasteiger charge is -2.22. The van der Waals surface area contributed by atoms with Crippen LogP contribution in [-0.2, 0) is 10.0 Å². The quantitative estimate of drug-likeness (QED) is 0.340. The summed E-state index contributed by atoms with van der Waals surface area (Å²) in [7, 11) is -3.80. The summed E-state index contributed by atoms with van der Waals surface area (Å²) in [6, 6.07) is 15.8. The number of para-hydroxylation sites is 1. The third-order valence-electron chi connectivity index (χ3n) is 4.57. The number of halogens is 2. The predicted octanol–water partition coefficient (Wildman–Crippen LogP) is 5.57. The zero-order chi connectivity index (χ0) is 23.6. The highest BCUT2D eigenvalue weighted by molar-refractivity contribution is 7.92. The molecule has 1 amide bonds. The fraction of sp³-hybridized carbons (Fsp3) is 0.0952. The molecule has 0 atom stereocenters. The summed E-state index contributed by atoms with van der Waals surface area (Å²) in [6.45, 7) is 2.01. The van der Waals surface area contributed by atoms with Gasteiger partial charge in [0.15, 0.2) is 0 Å². The van der Waals surface area contributed by atoms with Gasteiger partial charge in [-0.05, 0) is 49.4 Å². The number of anilines is 2. The Bertz CT molecular complexity index is 1390. The van der Waals surface area contributed by atoms with Crippen molar-refractivity contribution in [3.05, 3.63) is 74.9 Å². The molecule has 0 radical (unpaired) electrons. The van der Waals surface area contributed by atoms with Gasteiger partial charge in [0.2, 0.25) is 0 Å². The summed E-state index contributed by atoms with van der Waals surface area (Å²) >= 11 is 13.2. The fourth-order valence-corrected chi connectivity index (χ4v) is 5.95. The van der Waals surface area contributed by atoms with Crippen molar-refractivity contribution in [1.29, 1.82) is 0 Å². The topological polar surface area (TPSA) is 105 Å². The maximum atomic E-state index is 13.1. The SMILES string of the molecule is CCN(c1ccccc1)S(=O)(=O)c1ccc(C(=O)Nc2nnc(-c3cc(Cl)sc3Cl)o2)cc1. The van der Waals surface area contributed by atoms with E-state index in [0.29, 0.717) is 19.9 Å². The first-order valence-corrected chi connectivity index (χ1v) is 12.6. The predicted molar refractivity (Wildman–Crippen MR) is 129 cm³/mol. The molecule has 4 aromatic rings. The molecule has 0 saturated heterocycles. The Hall–Kier alpha value is -2.92. The van der Waals surface area contributed by atoms with E-state index in [9.17, 15) is 13.2 Å². The number of hydrogen-bond donors (Lipinski definition) is 1. The highest BCUT2D eigenvalue weighted by Crippen LogP contribution is 2.37. The summed E-state index contributed by atoms with van der Waals surface area (Å²) in [6.07, 6.45) is 0. The van der Waals surface area contributed by atoms with Crippen molar-refractivity contribution in [2.45, 2.75) is 11.8 Å². The highest BCUT2D eigenvalue weighted by atomic mass is 35.5. The summed E-state index contributed by atoms with van der Waals surface area (Å²) in [5.41, 5.74) is 1.24. The number of nitrogens with zero attached hydrogens (tertiary/aromatic N) is 3. The first-order valence-electron chi connectivity index (χ1n) is 9.57. The standard InChI is InChI=1S/C21H16Cl2N4O4S2/c1-2-27(14-6-4-3-5-7-14)33(29,30)15-10-8-13(9-11-15)19(28)24-21-26-25-20(31-21)16-12-17(22)32-18(16)23/h3-12H,2H2,1H3,(H,24,26,28). The number of carbonyl (C=O) groups is 1. The molecule has 2 heterocycles. The number of nitrogens with one attached hydrogen (secondary N) is 1. The zero-order valence-corrected chi connectivity index (χ0v) is 20.2. The van der Waals surface area contributed by atoms with Crippen molar-refractivity contribution in [2.24, 2.45) is 0 Å². The van der Waals surface area contributed by atoms with Gasteiger partial charge in [0.1, 0.15) is 4.34 Å². The lowest BCUT2D eigenvalue weighted by atomic mass is 10.2. The molecule has 170 valence electrons. The number of aromatic nitrogens is 2. The number of benzene rings is 2. The van der Waals surface area contributed by atoms with E-state index in [0.717, 1.165) is 11.3 Å². The molecule has 0 spiro atoms. The normalized spacial score (nSPS) is 11.4. The first-order chi connectivity index (χ1) is 15.8. The third kappa shape index (κ3) is 4.88. The number of thiophene rings is 1. The molecule has 2 aromatic heterocycles. The van der Waals surface area contributed by atoms with Gasteiger partial charge >= 0.3 is 6.01 Å². The number of sulfonamides is 1. The molecule has 33 heavy (non-hydrogen) atoms. The minimum absolute atomic E-state index is 0.0637. The summed E-state index contributed by atoms with van der Waals surface area (Å²) in [5, 5.41) is 10.1. The second-order valence-corrected chi connectivity index (χ2v) is 10.8. The molecule has 1 N–H and O–H groups in total. The molecule has 8 nitrogen and oxygen atoms in total. The van der Waals surface area contributed by atoms with Gasteiger partial charge in [0, 0.05) is 12.1 Å². The Kier molecular flexibility index (Phi) is 6.71. The molecule has 0 aliphatic carbocycles. The molecule has 0 aliphatic rings. The Labute approximate surface area is 203 Å². The number of hydrogen-bond acceptors (Lipinski definition) is 7. The lowest BCUT2D eigenvalue weighted by molar-refractivity contribution is 0.102. The molecule has 0 bridgehead atoms. The largest absolute Gasteiger partial charge is 0.403 e. The van der Waals surface area contributed by atoms with Gasteiger partial charge in [-0.25, -0.2) is 8.42 Å². The Balaban J connectivity index is 1.50. The van der Waals surface area contributed by atoms with Crippen LogP contribution in [0.4, 0.5) is 11.7 Å². The van der Waals surface area contributed by atoms with Gasteiger partial charge in [-0.2, -0.15) is 0 Å². The Morgan fingerprint density at radius 1 is 1.09 bits per heavy atom. The number of rotatable bonds is 7. The van der Waals surface area contributed by atoms with Gasteiger partial charge < -0.3 is 4.42 Å². The second kappa shape index (κ2) is 9.52. The molecule has 0 saturated carbocycles. The molecule has 0 fully saturated rings. The molecule has 4 rings (SSSR count). The van der Waals surface area contributed by atoms with E-state index in [1.165, 1.54) is 28.6 Å². The van der Waals surface area contributed by atoms with Crippen LogP contribution in [0, 0.1) is 0 Å². The van der Waals surface area contributed by atoms with E-state index in [1.807, 2.05) is 6.07 Å². The van der Waals surface area contributed by atoms with Gasteiger partial charge in [0.05, 0.1) is 20.5 Å². The minimum Gasteiger partial charge on any atom is -0.403 e. The zero-order valence-electron chi connectivity index (χ0n) is 17.0. The van der Waals surface area contributed by atoms with Crippen LogP contribution in [0.2, 0.25) is 8.67 Å². The maximum Gasteiger partial charge on any atom is 0.322 e. The van der Waals surface area contributed by atoms with Crippen LogP contribution in [-0.4, -0.2) is 31.1 Å². The summed E-state index contributed by atoms with van der Waals surface area (Å²) in [5.74, 6) is -0.431. The third-order valence-corrected chi connectivity index (χ3v) is 7.97. The Morgan fingerprint density at radius 2 is 1.79 bits per heavy atom. The van der Waals surface area contributed by atoms with Gasteiger partial charge in [-0.1, -0.05) is 46.5 Å². The fourth-order valence-electron chi connectivity index (χ4n) is 3.03. The van der Waals surface area contributed by atoms with Crippen molar-refractivity contribution in [3.63, 3.8) is 0 Å². The van der Waals surface area contributed by atoms with Crippen molar-refractivity contribution in [1.82, 2.24) is 10.2 Å². The number of amides is 1. The Morgan fingerprint density at radius 3 is 2.39 bits per heavy atom. The van der Waals surface area contributed by atoms with Crippen molar-refractivity contribution in [2.75, 3.05) is 16.2 Å². The molecule has 0 unspecified atom stereocenters. The van der Waals surface area contributed by atoms with Gasteiger partial charge in [-0.15, -0.1) is 16.4 Å². The van der Waals surface area contributed by atoms with Crippen molar-refractivity contribution >= 4 is 62.2 Å². The molecule has 0 aliphatic heterocycles. The molecular weight excluding hydrogens is 507 g/mol. The van der Waals surface area contributed by atoms with Crippen LogP contribution >= 0.6 is 34.5 Å². The van der Waals surface area contributed by atoms with Crippen LogP contribution in [0.15, 0.2) is 70.0 Å². The van der Waals surface area contributed by atoms with Crippen molar-refractivity contribution < 1.29 is 17.6 Å². The number of carbonyl (C=O) groups excluding carboxylic acids is 1. The van der Waals surface area contributed by atoms with E-state index >= 15 is 0 Å². The monoisotopic (exact) mass is 522 g/mol. The summed E-state index contributed by atoms with van der Waals surface area (Å²) in [4.78, 5) is 12.6. The molecule has 12 heteroatoms. The van der Waals surface area contributed by atoms with Gasteiger partial charge in [-0.3, -0.25) is 14.4 Å². The minimum atomic E-state index is -3.80. The average Bonchev–Trinajstić information content (AvgIpc) is 3.40. The van der Waals surface area contributed by atoms with E-state index < -0.39 is 15.9 Å². The molecule has 2 aromatic carbocycles. The maximum absolute atomic E-state index is 13.1. The average molecular weight is 523 g/mol. The van der Waals surface area contributed by atoms with Crippen LogP contribution in [0.3, 0.4) is 0 Å². The van der Waals surface area contributed by atoms with Crippen LogP contribution in [0.25, 0.3) is 11.5 Å². The second-order valence-electron chi connectivity index (χ2n) is 6.63. The molecular formula is C21H16Cl2N4O4S2. The smallest absolute Gasteiger partial charge is 0.322 e. The van der Waals surface area contributed by atoms with Gasteiger partial charge in [0.25, 0.3) is 21.8 Å². The van der Waals surface area contributed by atoms with E-state index in [2.05, 4.69) is 15.5 Å². The first kappa shape index (κ1) is 23.2.